The lowest BCUT2D eigenvalue weighted by atomic mass is 10.1. The summed E-state index contributed by atoms with van der Waals surface area (Å²) in [4.78, 5) is 17.1. The fourth-order valence-corrected chi connectivity index (χ4v) is 3.55. The normalized spacial score (nSPS) is 10.9. The Balaban J connectivity index is 1.47. The van der Waals surface area contributed by atoms with Crippen LogP contribution in [0.2, 0.25) is 5.02 Å². The van der Waals surface area contributed by atoms with Gasteiger partial charge in [-0.05, 0) is 41.8 Å². The highest BCUT2D eigenvalue weighted by Crippen LogP contribution is 2.17. The summed E-state index contributed by atoms with van der Waals surface area (Å²) in [6.45, 7) is 1.21. The van der Waals surface area contributed by atoms with Crippen molar-refractivity contribution >= 4 is 28.5 Å². The topological polar surface area (TPSA) is 46.9 Å². The van der Waals surface area contributed by atoms with E-state index in [1.54, 1.807) is 12.1 Å². The van der Waals surface area contributed by atoms with Crippen molar-refractivity contribution in [3.8, 4) is 0 Å². The molecule has 0 aliphatic heterocycles. The summed E-state index contributed by atoms with van der Waals surface area (Å²) >= 11 is 5.91. The minimum absolute atomic E-state index is 0.0333. The molecule has 0 saturated heterocycles. The van der Waals surface area contributed by atoms with E-state index in [0.717, 1.165) is 35.4 Å². The maximum absolute atomic E-state index is 12.4. The van der Waals surface area contributed by atoms with Crippen molar-refractivity contribution in [3.05, 3.63) is 101 Å². The van der Waals surface area contributed by atoms with Gasteiger partial charge in [-0.1, -0.05) is 66.2 Å². The number of aromatic nitrogens is 2. The second-order valence-corrected chi connectivity index (χ2v) is 7.42. The molecule has 0 aliphatic carbocycles. The molecule has 1 aromatic heterocycles. The summed E-state index contributed by atoms with van der Waals surface area (Å²) in [5.41, 5.74) is 4.25. The first-order chi connectivity index (χ1) is 14.2. The number of rotatable bonds is 7. The lowest BCUT2D eigenvalue weighted by molar-refractivity contribution is -0.120. The molecule has 0 saturated carbocycles. The second kappa shape index (κ2) is 8.93. The summed E-state index contributed by atoms with van der Waals surface area (Å²) < 4.78 is 2.20. The van der Waals surface area contributed by atoms with Crippen molar-refractivity contribution in [1.82, 2.24) is 14.9 Å². The first-order valence-corrected chi connectivity index (χ1v) is 10.1. The molecule has 0 atom stereocenters. The van der Waals surface area contributed by atoms with Crippen LogP contribution < -0.4 is 5.32 Å². The lowest BCUT2D eigenvalue weighted by Crippen LogP contribution is -2.26. The Morgan fingerprint density at radius 2 is 1.62 bits per heavy atom. The summed E-state index contributed by atoms with van der Waals surface area (Å²) in [5, 5.41) is 3.67. The molecule has 0 aliphatic rings. The van der Waals surface area contributed by atoms with Crippen LogP contribution in [0, 0.1) is 0 Å². The highest BCUT2D eigenvalue weighted by atomic mass is 35.5. The van der Waals surface area contributed by atoms with Crippen LogP contribution in [-0.4, -0.2) is 15.5 Å². The second-order valence-electron chi connectivity index (χ2n) is 6.98. The smallest absolute Gasteiger partial charge is 0.224 e. The van der Waals surface area contributed by atoms with Crippen LogP contribution in [0.5, 0.6) is 0 Å². The Morgan fingerprint density at radius 1 is 0.897 bits per heavy atom. The van der Waals surface area contributed by atoms with Gasteiger partial charge < -0.3 is 9.88 Å². The number of carbonyl (C=O) groups excluding carboxylic acids is 1. The summed E-state index contributed by atoms with van der Waals surface area (Å²) in [6.07, 6.45) is 1.23. The lowest BCUT2D eigenvalue weighted by Gasteiger charge is -2.11. The number of imidazole rings is 1. The predicted octanol–water partition coefficient (Wildman–Crippen LogP) is 4.79. The zero-order chi connectivity index (χ0) is 20.1. The Hall–Kier alpha value is -3.11. The zero-order valence-electron chi connectivity index (χ0n) is 16.0. The maximum atomic E-state index is 12.4. The Morgan fingerprint density at radius 3 is 2.41 bits per heavy atom. The van der Waals surface area contributed by atoms with Crippen molar-refractivity contribution in [2.75, 3.05) is 0 Å². The summed E-state index contributed by atoms with van der Waals surface area (Å²) in [5.74, 6) is 0.834. The molecule has 1 heterocycles. The van der Waals surface area contributed by atoms with E-state index in [0.29, 0.717) is 18.0 Å². The average molecular weight is 404 g/mol. The Kier molecular flexibility index (Phi) is 5.92. The number of hydrogen-bond donors (Lipinski definition) is 1. The molecule has 1 N–H and O–H groups in total. The van der Waals surface area contributed by atoms with Gasteiger partial charge in [-0.25, -0.2) is 4.98 Å². The molecule has 0 unspecified atom stereocenters. The van der Waals surface area contributed by atoms with Crippen LogP contribution in [0.4, 0.5) is 0 Å². The van der Waals surface area contributed by atoms with E-state index in [1.165, 1.54) is 5.56 Å². The maximum Gasteiger partial charge on any atom is 0.224 e. The van der Waals surface area contributed by atoms with Gasteiger partial charge in [0.1, 0.15) is 5.82 Å². The fourth-order valence-electron chi connectivity index (χ4n) is 3.42. The minimum Gasteiger partial charge on any atom is -0.349 e. The quantitative estimate of drug-likeness (QED) is 0.482. The van der Waals surface area contributed by atoms with E-state index in [9.17, 15) is 4.79 Å². The van der Waals surface area contributed by atoms with E-state index in [-0.39, 0.29) is 5.91 Å². The van der Waals surface area contributed by atoms with Gasteiger partial charge in [-0.2, -0.15) is 0 Å². The number of para-hydroxylation sites is 2. The highest BCUT2D eigenvalue weighted by Gasteiger charge is 2.12. The molecule has 146 valence electrons. The molecule has 0 radical (unpaired) electrons. The van der Waals surface area contributed by atoms with Gasteiger partial charge >= 0.3 is 0 Å². The first-order valence-electron chi connectivity index (χ1n) is 9.68. The number of nitrogens with zero attached hydrogens (tertiary/aromatic N) is 2. The summed E-state index contributed by atoms with van der Waals surface area (Å²) in [7, 11) is 0. The molecule has 0 fully saturated rings. The Bertz CT molecular complexity index is 1100. The van der Waals surface area contributed by atoms with Crippen molar-refractivity contribution in [1.29, 1.82) is 0 Å². The molecular weight excluding hydrogens is 382 g/mol. The first kappa shape index (κ1) is 19.2. The minimum atomic E-state index is -0.0333. The third-order valence-electron chi connectivity index (χ3n) is 4.92. The third kappa shape index (κ3) is 4.84. The van der Waals surface area contributed by atoms with Crippen LogP contribution in [-0.2, 0) is 30.7 Å². The van der Waals surface area contributed by atoms with Crippen LogP contribution in [0.15, 0.2) is 78.9 Å². The van der Waals surface area contributed by atoms with E-state index in [4.69, 9.17) is 16.6 Å². The third-order valence-corrected chi connectivity index (χ3v) is 5.17. The van der Waals surface area contributed by atoms with Crippen LogP contribution >= 0.6 is 11.6 Å². The van der Waals surface area contributed by atoms with Gasteiger partial charge in [0.2, 0.25) is 5.91 Å². The molecular formula is C24H22ClN3O. The van der Waals surface area contributed by atoms with Crippen molar-refractivity contribution in [2.24, 2.45) is 0 Å². The molecule has 4 aromatic rings. The molecule has 29 heavy (non-hydrogen) atoms. The predicted molar refractivity (Wildman–Crippen MR) is 117 cm³/mol. The fraction of sp³-hybridized carbons (Fsp3) is 0.167. The molecule has 4 nitrogen and oxygen atoms in total. The standard InChI is InChI=1S/C24H22ClN3O/c25-20-12-10-19(11-13-20)16-24(29)26-17-23-27-21-8-4-5-9-22(21)28(23)15-14-18-6-2-1-3-7-18/h1-13H,14-17H2,(H,26,29). The van der Waals surface area contributed by atoms with Gasteiger partial charge in [-0.15, -0.1) is 0 Å². The largest absolute Gasteiger partial charge is 0.349 e. The SMILES string of the molecule is O=C(Cc1ccc(Cl)cc1)NCc1nc2ccccc2n1CCc1ccccc1. The van der Waals surface area contributed by atoms with Gasteiger partial charge in [0.25, 0.3) is 0 Å². The molecule has 5 heteroatoms. The van der Waals surface area contributed by atoms with Crippen molar-refractivity contribution < 1.29 is 4.79 Å². The Labute approximate surface area is 175 Å². The average Bonchev–Trinajstić information content (AvgIpc) is 3.11. The highest BCUT2D eigenvalue weighted by molar-refractivity contribution is 6.30. The van der Waals surface area contributed by atoms with Crippen molar-refractivity contribution in [3.63, 3.8) is 0 Å². The van der Waals surface area contributed by atoms with E-state index in [2.05, 4.69) is 40.2 Å². The molecule has 4 rings (SSSR count). The molecule has 0 bridgehead atoms. The van der Waals surface area contributed by atoms with Crippen molar-refractivity contribution in [2.45, 2.75) is 25.9 Å². The number of halogens is 1. The van der Waals surface area contributed by atoms with Gasteiger partial charge in [0.05, 0.1) is 24.0 Å². The number of benzene rings is 3. The number of carbonyl (C=O) groups is 1. The monoisotopic (exact) mass is 403 g/mol. The number of fused-ring (bicyclic) bond motifs is 1. The van der Waals surface area contributed by atoms with Gasteiger partial charge in [-0.3, -0.25) is 4.79 Å². The molecule has 0 spiro atoms. The van der Waals surface area contributed by atoms with E-state index < -0.39 is 0 Å². The van der Waals surface area contributed by atoms with Gasteiger partial charge in [0, 0.05) is 11.6 Å². The number of amides is 1. The van der Waals surface area contributed by atoms with Crippen LogP contribution in [0.3, 0.4) is 0 Å². The van der Waals surface area contributed by atoms with Crippen LogP contribution in [0.25, 0.3) is 11.0 Å². The van der Waals surface area contributed by atoms with E-state index >= 15 is 0 Å². The van der Waals surface area contributed by atoms with Gasteiger partial charge in [0.15, 0.2) is 0 Å². The van der Waals surface area contributed by atoms with Crippen LogP contribution in [0.1, 0.15) is 17.0 Å². The molecule has 1 amide bonds. The number of nitrogens with one attached hydrogen (secondary N) is 1. The number of aryl methyl sites for hydroxylation is 2. The zero-order valence-corrected chi connectivity index (χ0v) is 16.8. The summed E-state index contributed by atoms with van der Waals surface area (Å²) in [6, 6.07) is 25.8. The molecule has 3 aromatic carbocycles. The van der Waals surface area contributed by atoms with E-state index in [1.807, 2.05) is 36.4 Å². The number of hydrogen-bond acceptors (Lipinski definition) is 2.